The average molecular weight is 545 g/mol. The van der Waals surface area contributed by atoms with E-state index in [4.69, 9.17) is 0 Å². The lowest BCUT2D eigenvalue weighted by Gasteiger charge is -2.43. The van der Waals surface area contributed by atoms with Crippen molar-refractivity contribution in [3.05, 3.63) is 83.4 Å². The summed E-state index contributed by atoms with van der Waals surface area (Å²) >= 11 is 0. The normalized spacial score (nSPS) is 24.5. The van der Waals surface area contributed by atoms with E-state index in [1.165, 1.54) is 143 Å². The molecule has 7 rings (SSSR count). The lowest BCUT2D eigenvalue weighted by Crippen LogP contribution is -2.29. The molecule has 0 nitrogen and oxygen atoms in total. The van der Waals surface area contributed by atoms with Crippen molar-refractivity contribution in [2.24, 2.45) is 10.8 Å². The molecule has 0 amide bonds. The molecule has 0 saturated heterocycles. The quantitative estimate of drug-likeness (QED) is 0.306. The molecule has 0 radical (unpaired) electrons. The smallest absolute Gasteiger partial charge is 0.0149 e. The van der Waals surface area contributed by atoms with E-state index in [2.05, 4.69) is 73.7 Å². The second-order valence-electron chi connectivity index (χ2n) is 14.9. The van der Waals surface area contributed by atoms with Crippen LogP contribution < -0.4 is 0 Å². The molecule has 2 spiro atoms. The van der Waals surface area contributed by atoms with E-state index in [0.717, 1.165) is 11.8 Å². The van der Waals surface area contributed by atoms with Crippen LogP contribution in [0.2, 0.25) is 0 Å². The van der Waals surface area contributed by atoms with Crippen molar-refractivity contribution in [2.75, 3.05) is 0 Å². The zero-order valence-electron chi connectivity index (χ0n) is 25.7. The molecule has 216 valence electrons. The van der Waals surface area contributed by atoms with Gasteiger partial charge in [-0.1, -0.05) is 105 Å². The standard InChI is InChI=1S/C41H52/c1-31-38(36-15-11-32(12-16-36)34-19-27-40(28-20-34)23-4-2-5-24-40)9-8-10-39(31)37-17-13-33(14-18-37)35-21-29-41(30-22-35)25-6-3-7-26-41/h8-18,34-35H,2-7,19-30H2,1H3. The first kappa shape index (κ1) is 27.5. The Labute approximate surface area is 250 Å². The fourth-order valence-corrected chi connectivity index (χ4v) is 9.86. The van der Waals surface area contributed by atoms with Gasteiger partial charge in [-0.2, -0.15) is 0 Å². The Balaban J connectivity index is 1.02. The Hall–Kier alpha value is -2.34. The van der Waals surface area contributed by atoms with Crippen molar-refractivity contribution in [3.63, 3.8) is 0 Å². The van der Waals surface area contributed by atoms with Gasteiger partial charge in [0.1, 0.15) is 0 Å². The van der Waals surface area contributed by atoms with Gasteiger partial charge in [-0.15, -0.1) is 0 Å². The van der Waals surface area contributed by atoms with Crippen LogP contribution in [-0.2, 0) is 0 Å². The van der Waals surface area contributed by atoms with Crippen LogP contribution in [0.4, 0.5) is 0 Å². The Bertz CT molecular complexity index is 1180. The Morgan fingerprint density at radius 3 is 1.17 bits per heavy atom. The summed E-state index contributed by atoms with van der Waals surface area (Å²) < 4.78 is 0. The SMILES string of the molecule is Cc1c(-c2ccc(C3CCC4(CCCCC4)CC3)cc2)cccc1-c1ccc(C2CCC3(CCCCC3)CC2)cc1. The monoisotopic (exact) mass is 544 g/mol. The topological polar surface area (TPSA) is 0 Å². The lowest BCUT2D eigenvalue weighted by molar-refractivity contribution is 0.114. The highest BCUT2D eigenvalue weighted by molar-refractivity contribution is 5.78. The highest BCUT2D eigenvalue weighted by Gasteiger charge is 2.37. The van der Waals surface area contributed by atoms with Crippen LogP contribution in [0.3, 0.4) is 0 Å². The second kappa shape index (κ2) is 11.7. The van der Waals surface area contributed by atoms with Gasteiger partial charge in [-0.25, -0.2) is 0 Å². The van der Waals surface area contributed by atoms with Gasteiger partial charge in [0.2, 0.25) is 0 Å². The van der Waals surface area contributed by atoms with E-state index in [1.54, 1.807) is 11.1 Å². The van der Waals surface area contributed by atoms with Gasteiger partial charge in [0, 0.05) is 0 Å². The summed E-state index contributed by atoms with van der Waals surface area (Å²) in [5, 5.41) is 0. The van der Waals surface area contributed by atoms with Crippen LogP contribution in [0.5, 0.6) is 0 Å². The lowest BCUT2D eigenvalue weighted by atomic mass is 9.62. The molecule has 0 bridgehead atoms. The van der Waals surface area contributed by atoms with Crippen LogP contribution >= 0.6 is 0 Å². The third kappa shape index (κ3) is 5.70. The molecule has 3 aromatic carbocycles. The van der Waals surface area contributed by atoms with Crippen LogP contribution in [0, 0.1) is 17.8 Å². The molecule has 0 heteroatoms. The molecule has 3 aromatic rings. The minimum absolute atomic E-state index is 0.707. The molecule has 4 saturated carbocycles. The first-order chi connectivity index (χ1) is 20.1. The highest BCUT2D eigenvalue weighted by atomic mass is 14.4. The average Bonchev–Trinajstić information content (AvgIpc) is 3.03. The Kier molecular flexibility index (Phi) is 7.87. The minimum Gasteiger partial charge on any atom is -0.0610 e. The van der Waals surface area contributed by atoms with Crippen molar-refractivity contribution < 1.29 is 0 Å². The third-order valence-corrected chi connectivity index (χ3v) is 12.6. The number of hydrogen-bond acceptors (Lipinski definition) is 0. The molecule has 0 aliphatic heterocycles. The summed E-state index contributed by atoms with van der Waals surface area (Å²) in [6, 6.07) is 26.3. The molecular weight excluding hydrogens is 492 g/mol. The van der Waals surface area contributed by atoms with E-state index < -0.39 is 0 Å². The van der Waals surface area contributed by atoms with Crippen LogP contribution in [0.25, 0.3) is 22.3 Å². The van der Waals surface area contributed by atoms with E-state index in [9.17, 15) is 0 Å². The second-order valence-corrected chi connectivity index (χ2v) is 14.9. The fourth-order valence-electron chi connectivity index (χ4n) is 9.86. The Morgan fingerprint density at radius 1 is 0.439 bits per heavy atom. The molecule has 0 unspecified atom stereocenters. The molecule has 4 aliphatic carbocycles. The maximum Gasteiger partial charge on any atom is -0.0149 e. The fraction of sp³-hybridized carbons (Fsp3) is 0.561. The molecule has 4 fully saturated rings. The van der Waals surface area contributed by atoms with E-state index in [0.29, 0.717) is 10.8 Å². The zero-order valence-corrected chi connectivity index (χ0v) is 25.7. The number of hydrogen-bond donors (Lipinski definition) is 0. The Morgan fingerprint density at radius 2 is 0.805 bits per heavy atom. The predicted molar refractivity (Wildman–Crippen MR) is 176 cm³/mol. The molecule has 0 N–H and O–H groups in total. The molecular formula is C41H52. The maximum absolute atomic E-state index is 2.45. The number of rotatable bonds is 4. The summed E-state index contributed by atoms with van der Waals surface area (Å²) in [7, 11) is 0. The molecule has 0 heterocycles. The van der Waals surface area contributed by atoms with Gasteiger partial charge in [-0.3, -0.25) is 0 Å². The molecule has 0 aromatic heterocycles. The summed E-state index contributed by atoms with van der Waals surface area (Å²) in [5.41, 5.74) is 11.5. The zero-order chi connectivity index (χ0) is 27.7. The van der Waals surface area contributed by atoms with Gasteiger partial charge in [0.05, 0.1) is 0 Å². The van der Waals surface area contributed by atoms with Gasteiger partial charge in [0.25, 0.3) is 0 Å². The summed E-state index contributed by atoms with van der Waals surface area (Å²) in [6.45, 7) is 2.32. The van der Waals surface area contributed by atoms with E-state index >= 15 is 0 Å². The molecule has 4 aliphatic rings. The van der Waals surface area contributed by atoms with E-state index in [1.807, 2.05) is 0 Å². The van der Waals surface area contributed by atoms with Crippen LogP contribution in [0.15, 0.2) is 66.7 Å². The van der Waals surface area contributed by atoms with Crippen molar-refractivity contribution in [2.45, 2.75) is 134 Å². The van der Waals surface area contributed by atoms with Gasteiger partial charge in [0.15, 0.2) is 0 Å². The highest BCUT2D eigenvalue weighted by Crippen LogP contribution is 2.52. The summed E-state index contributed by atoms with van der Waals surface area (Å²) in [5.74, 6) is 1.53. The molecule has 0 atom stereocenters. The first-order valence-electron chi connectivity index (χ1n) is 17.4. The predicted octanol–water partition coefficient (Wildman–Crippen LogP) is 12.5. The van der Waals surface area contributed by atoms with Crippen molar-refractivity contribution in [1.82, 2.24) is 0 Å². The van der Waals surface area contributed by atoms with Gasteiger partial charge < -0.3 is 0 Å². The van der Waals surface area contributed by atoms with Crippen molar-refractivity contribution in [3.8, 4) is 22.3 Å². The summed E-state index contributed by atoms with van der Waals surface area (Å²) in [6.07, 6.45) is 26.3. The van der Waals surface area contributed by atoms with Crippen LogP contribution in [-0.4, -0.2) is 0 Å². The first-order valence-corrected chi connectivity index (χ1v) is 17.4. The summed E-state index contributed by atoms with van der Waals surface area (Å²) in [4.78, 5) is 0. The van der Waals surface area contributed by atoms with Crippen LogP contribution in [0.1, 0.15) is 144 Å². The van der Waals surface area contributed by atoms with Crippen molar-refractivity contribution >= 4 is 0 Å². The van der Waals surface area contributed by atoms with E-state index in [-0.39, 0.29) is 0 Å². The van der Waals surface area contributed by atoms with Crippen molar-refractivity contribution in [1.29, 1.82) is 0 Å². The van der Waals surface area contributed by atoms with Gasteiger partial charge in [-0.05, 0) is 146 Å². The largest absolute Gasteiger partial charge is 0.0610 e. The van der Waals surface area contributed by atoms with Gasteiger partial charge >= 0.3 is 0 Å². The third-order valence-electron chi connectivity index (χ3n) is 12.6. The molecule has 41 heavy (non-hydrogen) atoms. The number of benzene rings is 3. The maximum atomic E-state index is 2.45. The minimum atomic E-state index is 0.707.